The maximum atomic E-state index is 13.8. The second kappa shape index (κ2) is 9.49. The summed E-state index contributed by atoms with van der Waals surface area (Å²) in [5.74, 6) is -0.468. The van der Waals surface area contributed by atoms with Crippen LogP contribution in [0.25, 0.3) is 10.9 Å². The summed E-state index contributed by atoms with van der Waals surface area (Å²) >= 11 is 0. The van der Waals surface area contributed by atoms with Gasteiger partial charge in [-0.05, 0) is 56.3 Å². The minimum atomic E-state index is -0.389. The van der Waals surface area contributed by atoms with Crippen molar-refractivity contribution in [2.24, 2.45) is 0 Å². The van der Waals surface area contributed by atoms with E-state index < -0.39 is 0 Å². The maximum absolute atomic E-state index is 13.8. The zero-order chi connectivity index (χ0) is 23.8. The van der Waals surface area contributed by atoms with Gasteiger partial charge in [0.05, 0.1) is 13.2 Å². The van der Waals surface area contributed by atoms with E-state index in [0.29, 0.717) is 6.42 Å². The molecule has 0 radical (unpaired) electrons. The van der Waals surface area contributed by atoms with E-state index in [1.807, 2.05) is 24.3 Å². The molecule has 0 amide bonds. The molecule has 1 fully saturated rings. The van der Waals surface area contributed by atoms with Crippen LogP contribution in [0, 0.1) is 5.82 Å². The fourth-order valence-electron chi connectivity index (χ4n) is 5.81. The van der Waals surface area contributed by atoms with Gasteiger partial charge in [-0.3, -0.25) is 9.69 Å². The van der Waals surface area contributed by atoms with Gasteiger partial charge in [0.25, 0.3) is 0 Å². The number of fused-ring (bicyclic) bond motifs is 5. The van der Waals surface area contributed by atoms with E-state index in [1.165, 1.54) is 35.9 Å². The number of halogens is 1. The van der Waals surface area contributed by atoms with Gasteiger partial charge in [0.15, 0.2) is 0 Å². The van der Waals surface area contributed by atoms with Crippen LogP contribution in [0.3, 0.4) is 0 Å². The fourth-order valence-corrected chi connectivity index (χ4v) is 5.81. The summed E-state index contributed by atoms with van der Waals surface area (Å²) < 4.78 is 19.1. The standard InChI is InChI=1S/C27H33FN4O2/c1-31(2)13-12-29-19-14-23(17-8-10-18(28)11-9-17)32-24(15-19)26-21(16-25(32)27(33)34-3)20-6-4-5-7-22(20)30-26/h4-11,19,23-25,29-30H,12-16H2,1-3H3. The van der Waals surface area contributed by atoms with Crippen LogP contribution in [0.1, 0.15) is 41.7 Å². The average Bonchev–Trinajstić information content (AvgIpc) is 3.22. The summed E-state index contributed by atoms with van der Waals surface area (Å²) in [6, 6.07) is 14.9. The molecule has 1 saturated heterocycles. The van der Waals surface area contributed by atoms with E-state index in [-0.39, 0.29) is 36.0 Å². The number of rotatable bonds is 6. The number of nitrogens with zero attached hydrogens (tertiary/aromatic N) is 2. The third kappa shape index (κ3) is 4.24. The van der Waals surface area contributed by atoms with Crippen LogP contribution in [-0.4, -0.2) is 67.1 Å². The molecule has 180 valence electrons. The molecule has 0 aliphatic carbocycles. The number of H-pyrrole nitrogens is 1. The monoisotopic (exact) mass is 464 g/mol. The van der Waals surface area contributed by atoms with Gasteiger partial charge in [-0.1, -0.05) is 30.3 Å². The average molecular weight is 465 g/mol. The molecule has 1 aromatic heterocycles. The number of hydrogen-bond donors (Lipinski definition) is 2. The van der Waals surface area contributed by atoms with Crippen molar-refractivity contribution in [1.29, 1.82) is 0 Å². The molecule has 2 aliphatic heterocycles. The summed E-state index contributed by atoms with van der Waals surface area (Å²) in [7, 11) is 5.61. The van der Waals surface area contributed by atoms with Crippen molar-refractivity contribution in [2.75, 3.05) is 34.3 Å². The number of aromatic nitrogens is 1. The molecule has 0 bridgehead atoms. The van der Waals surface area contributed by atoms with Crippen molar-refractivity contribution in [3.8, 4) is 0 Å². The number of para-hydroxylation sites is 1. The highest BCUT2D eigenvalue weighted by Gasteiger charge is 2.48. The molecule has 6 nitrogen and oxygen atoms in total. The molecule has 7 heteroatoms. The molecular weight excluding hydrogens is 431 g/mol. The summed E-state index contributed by atoms with van der Waals surface area (Å²) in [6.45, 7) is 1.84. The van der Waals surface area contributed by atoms with Crippen LogP contribution in [0.4, 0.5) is 4.39 Å². The Kier molecular flexibility index (Phi) is 6.42. The molecule has 2 aliphatic rings. The lowest BCUT2D eigenvalue weighted by Crippen LogP contribution is -2.56. The lowest BCUT2D eigenvalue weighted by atomic mass is 9.79. The number of methoxy groups -OCH3 is 1. The maximum Gasteiger partial charge on any atom is 0.323 e. The Hall–Kier alpha value is -2.74. The highest BCUT2D eigenvalue weighted by Crippen LogP contribution is 2.48. The predicted octanol–water partition coefficient (Wildman–Crippen LogP) is 3.80. The van der Waals surface area contributed by atoms with Crippen LogP contribution < -0.4 is 5.32 Å². The van der Waals surface area contributed by atoms with E-state index in [2.05, 4.69) is 46.3 Å². The Morgan fingerprint density at radius 1 is 1.15 bits per heavy atom. The lowest BCUT2D eigenvalue weighted by molar-refractivity contribution is -0.152. The van der Waals surface area contributed by atoms with E-state index in [9.17, 15) is 9.18 Å². The van der Waals surface area contributed by atoms with Crippen molar-refractivity contribution in [3.05, 3.63) is 71.2 Å². The van der Waals surface area contributed by atoms with Gasteiger partial charge < -0.3 is 19.9 Å². The van der Waals surface area contributed by atoms with Crippen LogP contribution in [0.5, 0.6) is 0 Å². The Morgan fingerprint density at radius 2 is 1.88 bits per heavy atom. The normalized spacial score (nSPS) is 24.7. The number of hydrogen-bond acceptors (Lipinski definition) is 5. The fraction of sp³-hybridized carbons (Fsp3) is 0.444. The number of ether oxygens (including phenoxy) is 1. The zero-order valence-electron chi connectivity index (χ0n) is 20.1. The first-order valence-corrected chi connectivity index (χ1v) is 12.0. The third-order valence-corrected chi connectivity index (χ3v) is 7.39. The Labute approximate surface area is 200 Å². The summed E-state index contributed by atoms with van der Waals surface area (Å²) in [5, 5.41) is 4.92. The van der Waals surface area contributed by atoms with Gasteiger partial charge in [0.2, 0.25) is 0 Å². The van der Waals surface area contributed by atoms with Gasteiger partial charge in [-0.15, -0.1) is 0 Å². The first-order valence-electron chi connectivity index (χ1n) is 12.0. The third-order valence-electron chi connectivity index (χ3n) is 7.39. The number of aromatic amines is 1. The molecule has 34 heavy (non-hydrogen) atoms. The molecule has 2 aromatic carbocycles. The number of piperidine rings is 1. The van der Waals surface area contributed by atoms with Gasteiger partial charge in [0, 0.05) is 48.2 Å². The predicted molar refractivity (Wildman–Crippen MR) is 131 cm³/mol. The Bertz CT molecular complexity index is 1160. The van der Waals surface area contributed by atoms with Gasteiger partial charge in [-0.25, -0.2) is 4.39 Å². The van der Waals surface area contributed by atoms with E-state index in [1.54, 1.807) is 0 Å². The van der Waals surface area contributed by atoms with E-state index in [0.717, 1.165) is 37.0 Å². The molecule has 0 spiro atoms. The highest BCUT2D eigenvalue weighted by molar-refractivity contribution is 5.87. The van der Waals surface area contributed by atoms with Gasteiger partial charge in [-0.2, -0.15) is 0 Å². The molecule has 0 saturated carbocycles. The molecule has 3 aromatic rings. The van der Waals surface area contributed by atoms with Gasteiger partial charge in [0.1, 0.15) is 11.9 Å². The number of benzene rings is 2. The smallest absolute Gasteiger partial charge is 0.323 e. The second-order valence-corrected chi connectivity index (χ2v) is 9.76. The van der Waals surface area contributed by atoms with E-state index >= 15 is 0 Å². The number of likely N-dealkylation sites (N-methyl/N-ethyl adjacent to an activating group) is 1. The first-order chi connectivity index (χ1) is 16.5. The molecule has 5 rings (SSSR count). The molecule has 3 heterocycles. The number of carbonyl (C=O) groups is 1. The van der Waals surface area contributed by atoms with Crippen molar-refractivity contribution in [3.63, 3.8) is 0 Å². The van der Waals surface area contributed by atoms with Gasteiger partial charge >= 0.3 is 5.97 Å². The summed E-state index contributed by atoms with van der Waals surface area (Å²) in [6.07, 6.45) is 2.33. The second-order valence-electron chi connectivity index (χ2n) is 9.76. The highest BCUT2D eigenvalue weighted by atomic mass is 19.1. The SMILES string of the molecule is COC(=O)C1Cc2c([nH]c3ccccc23)C2CC(NCCN(C)C)CC(c3ccc(F)cc3)N12. The largest absolute Gasteiger partial charge is 0.468 e. The zero-order valence-corrected chi connectivity index (χ0v) is 20.1. The molecule has 2 N–H and O–H groups in total. The Balaban J connectivity index is 1.59. The molecule has 4 atom stereocenters. The van der Waals surface area contributed by atoms with Crippen LogP contribution in [-0.2, 0) is 16.0 Å². The van der Waals surface area contributed by atoms with E-state index in [4.69, 9.17) is 4.74 Å². The number of nitrogens with one attached hydrogen (secondary N) is 2. The van der Waals surface area contributed by atoms with Crippen molar-refractivity contribution in [1.82, 2.24) is 20.1 Å². The van der Waals surface area contributed by atoms with Crippen molar-refractivity contribution in [2.45, 2.75) is 43.4 Å². The lowest BCUT2D eigenvalue weighted by Gasteiger charge is -2.50. The minimum Gasteiger partial charge on any atom is -0.468 e. The Morgan fingerprint density at radius 3 is 2.62 bits per heavy atom. The van der Waals surface area contributed by atoms with Crippen LogP contribution in [0.2, 0.25) is 0 Å². The van der Waals surface area contributed by atoms with Crippen molar-refractivity contribution >= 4 is 16.9 Å². The summed E-state index contributed by atoms with van der Waals surface area (Å²) in [5.41, 5.74) is 4.52. The summed E-state index contributed by atoms with van der Waals surface area (Å²) in [4.78, 5) is 21.3. The van der Waals surface area contributed by atoms with Crippen molar-refractivity contribution < 1.29 is 13.9 Å². The first kappa shape index (κ1) is 23.0. The molecule has 4 unspecified atom stereocenters. The quantitative estimate of drug-likeness (QED) is 0.544. The number of carbonyl (C=O) groups excluding carboxylic acids is 1. The minimum absolute atomic E-state index is 0.0279. The number of esters is 1. The van der Waals surface area contributed by atoms with Crippen LogP contribution >= 0.6 is 0 Å². The van der Waals surface area contributed by atoms with Crippen LogP contribution in [0.15, 0.2) is 48.5 Å². The topological polar surface area (TPSA) is 60.6 Å². The molecular formula is C27H33FN4O2.